The lowest BCUT2D eigenvalue weighted by molar-refractivity contribution is -0.655. The molecule has 0 spiro atoms. The lowest BCUT2D eigenvalue weighted by Crippen LogP contribution is -2.33. The Kier molecular flexibility index (Phi) is 1.24. The van der Waals surface area contributed by atoms with Crippen LogP contribution in [0.2, 0.25) is 0 Å². The molecule has 0 saturated carbocycles. The first kappa shape index (κ1) is 7.03. The number of rotatable bonds is 0. The summed E-state index contributed by atoms with van der Waals surface area (Å²) < 4.78 is 6.37. The monoisotopic (exact) mass is 190 g/mol. The van der Waals surface area contributed by atoms with Crippen molar-refractivity contribution in [2.24, 2.45) is 0 Å². The normalized spacial score (nSPS) is 12.6. The topological polar surface area (TPSA) is 42.8 Å². The maximum absolute atomic E-state index is 5.79. The number of anilines is 1. The van der Waals surface area contributed by atoms with E-state index < -0.39 is 0 Å². The summed E-state index contributed by atoms with van der Waals surface area (Å²) in [7, 11) is 0. The molecule has 1 aliphatic rings. The van der Waals surface area contributed by atoms with E-state index in [2.05, 4.69) is 21.1 Å². The molecule has 1 aliphatic heterocycles. The summed E-state index contributed by atoms with van der Waals surface area (Å²) in [5.41, 5.74) is 8.32. The van der Waals surface area contributed by atoms with E-state index in [4.69, 9.17) is 5.73 Å². The molecule has 0 bridgehead atoms. The zero-order valence-electron chi connectivity index (χ0n) is 6.90. The van der Waals surface area contributed by atoms with Gasteiger partial charge in [0.25, 0.3) is 5.82 Å². The molecule has 0 aliphatic carbocycles. The fourth-order valence-corrected chi connectivity index (χ4v) is 2.31. The van der Waals surface area contributed by atoms with Gasteiger partial charge in [0, 0.05) is 5.56 Å². The van der Waals surface area contributed by atoms with Crippen LogP contribution in [0.5, 0.6) is 0 Å². The van der Waals surface area contributed by atoms with Gasteiger partial charge in [-0.05, 0) is 10.4 Å². The molecule has 2 heterocycles. The van der Waals surface area contributed by atoms with E-state index in [9.17, 15) is 0 Å². The number of nitrogens with two attached hydrogens (primary N) is 1. The maximum Gasteiger partial charge on any atom is 0.311 e. The Balaban J connectivity index is 2.32. The number of benzene rings is 1. The van der Waals surface area contributed by atoms with Gasteiger partial charge in [-0.15, -0.1) is 0 Å². The highest BCUT2D eigenvalue weighted by Gasteiger charge is 2.28. The summed E-state index contributed by atoms with van der Waals surface area (Å²) in [6.45, 7) is 0.869. The third-order valence-electron chi connectivity index (χ3n) is 2.33. The van der Waals surface area contributed by atoms with Crippen LogP contribution in [0, 0.1) is 0 Å². The molecule has 64 valence electrons. The Morgan fingerprint density at radius 3 is 3.15 bits per heavy atom. The quantitative estimate of drug-likeness (QED) is 0.538. The Labute approximate surface area is 79.6 Å². The third kappa shape index (κ3) is 0.833. The number of hydrogen-bond donors (Lipinski definition) is 1. The molecule has 0 radical (unpaired) electrons. The van der Waals surface area contributed by atoms with Crippen LogP contribution < -0.4 is 10.3 Å². The van der Waals surface area contributed by atoms with Gasteiger partial charge >= 0.3 is 5.13 Å². The van der Waals surface area contributed by atoms with Crippen molar-refractivity contribution in [3.8, 4) is 11.4 Å². The van der Waals surface area contributed by atoms with Gasteiger partial charge in [0.1, 0.15) is 11.5 Å². The number of fused-ring (bicyclic) bond motifs is 3. The lowest BCUT2D eigenvalue weighted by atomic mass is 10.1. The zero-order valence-corrected chi connectivity index (χ0v) is 7.71. The van der Waals surface area contributed by atoms with Crippen molar-refractivity contribution in [2.75, 3.05) is 5.73 Å². The van der Waals surface area contributed by atoms with Crippen molar-refractivity contribution in [3.05, 3.63) is 29.8 Å². The Morgan fingerprint density at radius 2 is 2.23 bits per heavy atom. The van der Waals surface area contributed by atoms with Crippen LogP contribution in [0.25, 0.3) is 11.4 Å². The van der Waals surface area contributed by atoms with Crippen LogP contribution in [0.3, 0.4) is 0 Å². The fraction of sp³-hybridized carbons (Fsp3) is 0.111. The molecule has 0 atom stereocenters. The molecule has 4 heteroatoms. The van der Waals surface area contributed by atoms with Crippen molar-refractivity contribution in [3.63, 3.8) is 0 Å². The highest BCUT2D eigenvalue weighted by molar-refractivity contribution is 7.09. The second-order valence-corrected chi connectivity index (χ2v) is 3.87. The summed E-state index contributed by atoms with van der Waals surface area (Å²) in [6, 6.07) is 8.29. The SMILES string of the molecule is Nc1snc2[n+]1Cc1ccccc1-2. The predicted molar refractivity (Wildman–Crippen MR) is 51.3 cm³/mol. The summed E-state index contributed by atoms with van der Waals surface area (Å²) in [5.74, 6) is 1.01. The second kappa shape index (κ2) is 2.29. The standard InChI is InChI=1S/C9H7N3S/c10-9-12-5-6-3-1-2-4-7(6)8(12)11-13-9/h1-4,10H,5H2/p+1. The molecule has 0 saturated heterocycles. The Morgan fingerprint density at radius 1 is 1.38 bits per heavy atom. The molecule has 1 aromatic carbocycles. The Bertz CT molecular complexity index is 475. The van der Waals surface area contributed by atoms with E-state index in [1.165, 1.54) is 22.7 Å². The van der Waals surface area contributed by atoms with Crippen LogP contribution in [-0.4, -0.2) is 4.37 Å². The Hall–Kier alpha value is -1.42. The number of nitrogens with zero attached hydrogens (tertiary/aromatic N) is 2. The average molecular weight is 190 g/mol. The van der Waals surface area contributed by atoms with Crippen LogP contribution in [0.1, 0.15) is 5.56 Å². The lowest BCUT2D eigenvalue weighted by Gasteiger charge is -1.91. The molecule has 1 aromatic heterocycles. The molecule has 3 rings (SSSR count). The van der Waals surface area contributed by atoms with E-state index in [1.54, 1.807) is 0 Å². The fourth-order valence-electron chi connectivity index (χ4n) is 1.69. The van der Waals surface area contributed by atoms with Crippen molar-refractivity contribution in [2.45, 2.75) is 6.54 Å². The maximum atomic E-state index is 5.79. The first-order chi connectivity index (χ1) is 6.36. The average Bonchev–Trinajstić information content (AvgIpc) is 2.67. The van der Waals surface area contributed by atoms with Gasteiger partial charge in [-0.25, -0.2) is 4.57 Å². The van der Waals surface area contributed by atoms with E-state index in [0.717, 1.165) is 17.5 Å². The van der Waals surface area contributed by atoms with E-state index >= 15 is 0 Å². The van der Waals surface area contributed by atoms with Gasteiger partial charge < -0.3 is 5.73 Å². The van der Waals surface area contributed by atoms with Crippen molar-refractivity contribution < 1.29 is 4.57 Å². The first-order valence-electron chi connectivity index (χ1n) is 4.09. The van der Waals surface area contributed by atoms with Crippen molar-refractivity contribution >= 4 is 16.7 Å². The van der Waals surface area contributed by atoms with Crippen LogP contribution in [-0.2, 0) is 6.54 Å². The highest BCUT2D eigenvalue weighted by Crippen LogP contribution is 2.27. The van der Waals surface area contributed by atoms with Crippen LogP contribution >= 0.6 is 11.5 Å². The molecule has 2 aromatic rings. The molecular formula is C9H8N3S+. The van der Waals surface area contributed by atoms with Gasteiger partial charge in [0.15, 0.2) is 0 Å². The summed E-state index contributed by atoms with van der Waals surface area (Å²) >= 11 is 1.36. The van der Waals surface area contributed by atoms with E-state index in [0.29, 0.717) is 0 Å². The first-order valence-corrected chi connectivity index (χ1v) is 4.87. The van der Waals surface area contributed by atoms with Gasteiger partial charge in [-0.2, -0.15) is 0 Å². The summed E-state index contributed by atoms with van der Waals surface area (Å²) in [6.07, 6.45) is 0. The second-order valence-electron chi connectivity index (χ2n) is 3.09. The summed E-state index contributed by atoms with van der Waals surface area (Å²) in [4.78, 5) is 0. The van der Waals surface area contributed by atoms with Crippen molar-refractivity contribution in [1.29, 1.82) is 0 Å². The smallest absolute Gasteiger partial charge is 0.307 e. The molecular weight excluding hydrogens is 182 g/mol. The summed E-state index contributed by atoms with van der Waals surface area (Å²) in [5, 5.41) is 0.784. The molecule has 3 nitrogen and oxygen atoms in total. The largest absolute Gasteiger partial charge is 0.311 e. The molecule has 13 heavy (non-hydrogen) atoms. The number of hydrogen-bond acceptors (Lipinski definition) is 3. The number of nitrogen functional groups attached to an aromatic ring is 1. The third-order valence-corrected chi connectivity index (χ3v) is 3.01. The minimum Gasteiger partial charge on any atom is -0.307 e. The number of aromatic nitrogens is 2. The molecule has 2 N–H and O–H groups in total. The molecule has 0 amide bonds. The zero-order chi connectivity index (χ0) is 8.84. The molecule has 0 unspecified atom stereocenters. The highest BCUT2D eigenvalue weighted by atomic mass is 32.1. The van der Waals surface area contributed by atoms with Crippen LogP contribution in [0.4, 0.5) is 5.13 Å². The van der Waals surface area contributed by atoms with E-state index in [-0.39, 0.29) is 0 Å². The van der Waals surface area contributed by atoms with Gasteiger partial charge in [-0.1, -0.05) is 18.2 Å². The predicted octanol–water partition coefficient (Wildman–Crippen LogP) is 1.04. The minimum atomic E-state index is 0.784. The minimum absolute atomic E-state index is 0.784. The van der Waals surface area contributed by atoms with Gasteiger partial charge in [0.05, 0.1) is 12.1 Å². The van der Waals surface area contributed by atoms with E-state index in [1.807, 2.05) is 12.1 Å². The molecule has 0 fully saturated rings. The van der Waals surface area contributed by atoms with Crippen molar-refractivity contribution in [1.82, 2.24) is 4.37 Å². The van der Waals surface area contributed by atoms with Gasteiger partial charge in [0.2, 0.25) is 0 Å². The van der Waals surface area contributed by atoms with Crippen LogP contribution in [0.15, 0.2) is 24.3 Å². The van der Waals surface area contributed by atoms with Gasteiger partial charge in [-0.3, -0.25) is 0 Å².